The molecule has 110 valence electrons. The molecule has 20 heavy (non-hydrogen) atoms. The van der Waals surface area contributed by atoms with Crippen LogP contribution in [0.5, 0.6) is 0 Å². The Balaban J connectivity index is 2.41. The summed E-state index contributed by atoms with van der Waals surface area (Å²) in [4.78, 5) is 25.2. The van der Waals surface area contributed by atoms with E-state index in [9.17, 15) is 9.59 Å². The van der Waals surface area contributed by atoms with Gasteiger partial charge in [-0.25, -0.2) is 0 Å². The quantitative estimate of drug-likeness (QED) is 0.741. The molecule has 0 aliphatic rings. The van der Waals surface area contributed by atoms with Gasteiger partial charge in [-0.3, -0.25) is 9.59 Å². The van der Waals surface area contributed by atoms with Gasteiger partial charge >= 0.3 is 0 Å². The summed E-state index contributed by atoms with van der Waals surface area (Å²) in [6, 6.07) is 9.80. The fourth-order valence-electron chi connectivity index (χ4n) is 1.82. The molecule has 0 heterocycles. The number of rotatable bonds is 8. The zero-order valence-corrected chi connectivity index (χ0v) is 12.0. The van der Waals surface area contributed by atoms with Crippen molar-refractivity contribution < 1.29 is 9.59 Å². The van der Waals surface area contributed by atoms with E-state index in [4.69, 9.17) is 5.73 Å². The minimum absolute atomic E-state index is 0.0457. The standard InChI is InChI=1S/C15H23N3O2/c1-2-18(12-13-7-4-3-5-8-13)15(20)11-17-14(19)9-6-10-16/h3-5,7-8H,2,6,9-12,16H2,1H3,(H,17,19). The highest BCUT2D eigenvalue weighted by Crippen LogP contribution is 2.04. The number of carbonyl (C=O) groups is 2. The van der Waals surface area contributed by atoms with E-state index >= 15 is 0 Å². The van der Waals surface area contributed by atoms with Gasteiger partial charge in [-0.2, -0.15) is 0 Å². The maximum atomic E-state index is 12.0. The molecule has 5 heteroatoms. The molecule has 0 aliphatic heterocycles. The third-order valence-corrected chi connectivity index (χ3v) is 3.00. The van der Waals surface area contributed by atoms with Crippen LogP contribution < -0.4 is 11.1 Å². The largest absolute Gasteiger partial charge is 0.347 e. The number of carbonyl (C=O) groups excluding carboxylic acids is 2. The summed E-state index contributed by atoms with van der Waals surface area (Å²) >= 11 is 0. The number of nitrogens with zero attached hydrogens (tertiary/aromatic N) is 1. The molecular formula is C15H23N3O2. The first-order valence-corrected chi connectivity index (χ1v) is 6.95. The molecule has 0 spiro atoms. The average molecular weight is 277 g/mol. The van der Waals surface area contributed by atoms with Crippen molar-refractivity contribution in [2.24, 2.45) is 5.73 Å². The van der Waals surface area contributed by atoms with E-state index in [1.807, 2.05) is 37.3 Å². The van der Waals surface area contributed by atoms with Crippen LogP contribution in [-0.4, -0.2) is 36.3 Å². The average Bonchev–Trinajstić information content (AvgIpc) is 2.49. The van der Waals surface area contributed by atoms with Crippen LogP contribution in [0.3, 0.4) is 0 Å². The number of hydrogen-bond donors (Lipinski definition) is 2. The molecule has 0 aromatic heterocycles. The Morgan fingerprint density at radius 2 is 1.95 bits per heavy atom. The van der Waals surface area contributed by atoms with Crippen LogP contribution in [-0.2, 0) is 16.1 Å². The van der Waals surface area contributed by atoms with Crippen LogP contribution in [0.25, 0.3) is 0 Å². The molecule has 2 amide bonds. The van der Waals surface area contributed by atoms with Gasteiger partial charge in [-0.15, -0.1) is 0 Å². The molecule has 0 fully saturated rings. The third kappa shape index (κ3) is 5.84. The van der Waals surface area contributed by atoms with Crippen molar-refractivity contribution in [3.8, 4) is 0 Å². The second kappa shape index (κ2) is 9.09. The molecule has 0 unspecified atom stereocenters. The number of benzene rings is 1. The molecule has 0 saturated heterocycles. The first kappa shape index (κ1) is 16.2. The summed E-state index contributed by atoms with van der Waals surface area (Å²) < 4.78 is 0. The lowest BCUT2D eigenvalue weighted by molar-refractivity contribution is -0.133. The molecule has 0 saturated carbocycles. The van der Waals surface area contributed by atoms with E-state index in [1.165, 1.54) is 0 Å². The Hall–Kier alpha value is -1.88. The van der Waals surface area contributed by atoms with Crippen molar-refractivity contribution in [2.75, 3.05) is 19.6 Å². The Morgan fingerprint density at radius 3 is 2.55 bits per heavy atom. The number of nitrogens with two attached hydrogens (primary N) is 1. The van der Waals surface area contributed by atoms with E-state index in [-0.39, 0.29) is 18.4 Å². The van der Waals surface area contributed by atoms with E-state index < -0.39 is 0 Å². The molecule has 3 N–H and O–H groups in total. The zero-order valence-electron chi connectivity index (χ0n) is 12.0. The summed E-state index contributed by atoms with van der Waals surface area (Å²) in [5, 5.41) is 2.63. The predicted molar refractivity (Wildman–Crippen MR) is 78.8 cm³/mol. The maximum Gasteiger partial charge on any atom is 0.242 e. The number of likely N-dealkylation sites (N-methyl/N-ethyl adjacent to an activating group) is 1. The van der Waals surface area contributed by atoms with E-state index in [0.717, 1.165) is 5.56 Å². The fourth-order valence-corrected chi connectivity index (χ4v) is 1.82. The van der Waals surface area contributed by atoms with Crippen LogP contribution in [0.15, 0.2) is 30.3 Å². The van der Waals surface area contributed by atoms with Crippen LogP contribution >= 0.6 is 0 Å². The minimum Gasteiger partial charge on any atom is -0.347 e. The van der Waals surface area contributed by atoms with Crippen LogP contribution in [0, 0.1) is 0 Å². The fraction of sp³-hybridized carbons (Fsp3) is 0.467. The van der Waals surface area contributed by atoms with Crippen molar-refractivity contribution in [1.29, 1.82) is 0 Å². The highest BCUT2D eigenvalue weighted by atomic mass is 16.2. The molecule has 0 aliphatic carbocycles. The molecular weight excluding hydrogens is 254 g/mol. The summed E-state index contributed by atoms with van der Waals surface area (Å²) in [5.74, 6) is -0.197. The Kier molecular flexibility index (Phi) is 7.35. The lowest BCUT2D eigenvalue weighted by atomic mass is 10.2. The predicted octanol–water partition coefficient (Wildman–Crippen LogP) is 0.890. The van der Waals surface area contributed by atoms with Crippen molar-refractivity contribution in [3.05, 3.63) is 35.9 Å². The van der Waals surface area contributed by atoms with Crippen LogP contribution in [0.2, 0.25) is 0 Å². The van der Waals surface area contributed by atoms with Gasteiger partial charge in [0.2, 0.25) is 11.8 Å². The Labute approximate surface area is 120 Å². The second-order valence-electron chi connectivity index (χ2n) is 4.56. The topological polar surface area (TPSA) is 75.4 Å². The maximum absolute atomic E-state index is 12.0. The third-order valence-electron chi connectivity index (χ3n) is 3.00. The van der Waals surface area contributed by atoms with Gasteiger partial charge in [0.1, 0.15) is 0 Å². The van der Waals surface area contributed by atoms with Gasteiger partial charge in [-0.05, 0) is 25.5 Å². The van der Waals surface area contributed by atoms with Gasteiger partial charge in [0.05, 0.1) is 6.54 Å². The SMILES string of the molecule is CCN(Cc1ccccc1)C(=O)CNC(=O)CCCN. The number of nitrogens with one attached hydrogen (secondary N) is 1. The Morgan fingerprint density at radius 1 is 1.25 bits per heavy atom. The number of amides is 2. The normalized spacial score (nSPS) is 10.1. The summed E-state index contributed by atoms with van der Waals surface area (Å²) in [6.45, 7) is 3.64. The highest BCUT2D eigenvalue weighted by Gasteiger charge is 2.12. The van der Waals surface area contributed by atoms with Crippen molar-refractivity contribution in [2.45, 2.75) is 26.3 Å². The summed E-state index contributed by atoms with van der Waals surface area (Å²) in [7, 11) is 0. The lowest BCUT2D eigenvalue weighted by Crippen LogP contribution is -2.39. The molecule has 1 aromatic carbocycles. The van der Waals surface area contributed by atoms with Crippen molar-refractivity contribution >= 4 is 11.8 Å². The van der Waals surface area contributed by atoms with Gasteiger partial charge in [-0.1, -0.05) is 30.3 Å². The van der Waals surface area contributed by atoms with Crippen LogP contribution in [0.4, 0.5) is 0 Å². The highest BCUT2D eigenvalue weighted by molar-refractivity contribution is 5.84. The van der Waals surface area contributed by atoms with Crippen LogP contribution in [0.1, 0.15) is 25.3 Å². The van der Waals surface area contributed by atoms with E-state index in [0.29, 0.717) is 32.5 Å². The molecule has 0 bridgehead atoms. The first-order chi connectivity index (χ1) is 9.67. The van der Waals surface area contributed by atoms with E-state index in [1.54, 1.807) is 4.90 Å². The second-order valence-corrected chi connectivity index (χ2v) is 4.56. The van der Waals surface area contributed by atoms with Crippen molar-refractivity contribution in [3.63, 3.8) is 0 Å². The summed E-state index contributed by atoms with van der Waals surface area (Å²) in [5.41, 5.74) is 6.41. The summed E-state index contributed by atoms with van der Waals surface area (Å²) in [6.07, 6.45) is 1.01. The number of hydrogen-bond acceptors (Lipinski definition) is 3. The first-order valence-electron chi connectivity index (χ1n) is 6.95. The minimum atomic E-state index is -0.125. The van der Waals surface area contributed by atoms with Gasteiger partial charge < -0.3 is 16.0 Å². The smallest absolute Gasteiger partial charge is 0.242 e. The molecule has 0 atom stereocenters. The Bertz CT molecular complexity index is 420. The molecule has 1 rings (SSSR count). The monoisotopic (exact) mass is 277 g/mol. The van der Waals surface area contributed by atoms with Crippen molar-refractivity contribution in [1.82, 2.24) is 10.2 Å². The lowest BCUT2D eigenvalue weighted by Gasteiger charge is -2.21. The molecule has 5 nitrogen and oxygen atoms in total. The molecule has 1 aromatic rings. The van der Waals surface area contributed by atoms with Gasteiger partial charge in [0, 0.05) is 19.5 Å². The van der Waals surface area contributed by atoms with Gasteiger partial charge in [0.15, 0.2) is 0 Å². The van der Waals surface area contributed by atoms with Gasteiger partial charge in [0.25, 0.3) is 0 Å². The molecule has 0 radical (unpaired) electrons. The van der Waals surface area contributed by atoms with E-state index in [2.05, 4.69) is 5.32 Å². The zero-order chi connectivity index (χ0) is 14.8.